The molecule has 2 aromatic carbocycles. The molecule has 144 valence electrons. The molecule has 0 fully saturated rings. The zero-order chi connectivity index (χ0) is 19.9. The molecular formula is C22H23N3O2S. The SMILES string of the molecule is CCCNC(=O)c1sc(NC(=O)c2ccc(Cc3ccccc3)cc2)nc1C. The van der Waals surface area contributed by atoms with Gasteiger partial charge in [-0.2, -0.15) is 0 Å². The van der Waals surface area contributed by atoms with E-state index in [2.05, 4.69) is 27.8 Å². The average Bonchev–Trinajstić information content (AvgIpc) is 3.07. The molecular weight excluding hydrogens is 370 g/mol. The van der Waals surface area contributed by atoms with Crippen molar-refractivity contribution in [3.05, 3.63) is 81.9 Å². The summed E-state index contributed by atoms with van der Waals surface area (Å²) in [6.07, 6.45) is 1.69. The molecule has 2 amide bonds. The molecule has 1 aromatic heterocycles. The Bertz CT molecular complexity index is 950. The van der Waals surface area contributed by atoms with Crippen LogP contribution < -0.4 is 10.6 Å². The van der Waals surface area contributed by atoms with Crippen LogP contribution in [0.2, 0.25) is 0 Å². The van der Waals surface area contributed by atoms with Gasteiger partial charge in [-0.05, 0) is 43.0 Å². The van der Waals surface area contributed by atoms with Crippen molar-refractivity contribution in [2.75, 3.05) is 11.9 Å². The van der Waals surface area contributed by atoms with Gasteiger partial charge in [0.15, 0.2) is 5.13 Å². The maximum atomic E-state index is 12.5. The van der Waals surface area contributed by atoms with Crippen molar-refractivity contribution in [2.24, 2.45) is 0 Å². The smallest absolute Gasteiger partial charge is 0.263 e. The van der Waals surface area contributed by atoms with Crippen molar-refractivity contribution < 1.29 is 9.59 Å². The second kappa shape index (κ2) is 9.28. The lowest BCUT2D eigenvalue weighted by molar-refractivity contribution is 0.0956. The molecule has 0 aliphatic heterocycles. The van der Waals surface area contributed by atoms with Crippen LogP contribution in [0.5, 0.6) is 0 Å². The fraction of sp³-hybridized carbons (Fsp3) is 0.227. The third kappa shape index (κ3) is 5.04. The maximum Gasteiger partial charge on any atom is 0.263 e. The summed E-state index contributed by atoms with van der Waals surface area (Å²) in [5.74, 6) is -0.386. The summed E-state index contributed by atoms with van der Waals surface area (Å²) in [5, 5.41) is 6.05. The van der Waals surface area contributed by atoms with Crippen molar-refractivity contribution in [1.82, 2.24) is 10.3 Å². The van der Waals surface area contributed by atoms with Gasteiger partial charge < -0.3 is 5.32 Å². The minimum Gasteiger partial charge on any atom is -0.351 e. The van der Waals surface area contributed by atoms with Crippen LogP contribution in [0.4, 0.5) is 5.13 Å². The highest BCUT2D eigenvalue weighted by atomic mass is 32.1. The number of rotatable bonds is 7. The molecule has 3 aromatic rings. The summed E-state index contributed by atoms with van der Waals surface area (Å²) in [7, 11) is 0. The maximum absolute atomic E-state index is 12.5. The summed E-state index contributed by atoms with van der Waals surface area (Å²) in [6, 6.07) is 17.7. The van der Waals surface area contributed by atoms with Crippen LogP contribution in [0.1, 0.15) is 50.2 Å². The fourth-order valence-electron chi connectivity index (χ4n) is 2.75. The van der Waals surface area contributed by atoms with Crippen molar-refractivity contribution in [1.29, 1.82) is 0 Å². The molecule has 2 N–H and O–H groups in total. The summed E-state index contributed by atoms with van der Waals surface area (Å²) in [4.78, 5) is 29.5. The topological polar surface area (TPSA) is 71.1 Å². The van der Waals surface area contributed by atoms with Crippen molar-refractivity contribution in [3.8, 4) is 0 Å². The van der Waals surface area contributed by atoms with E-state index in [1.165, 1.54) is 16.9 Å². The van der Waals surface area contributed by atoms with Crippen molar-refractivity contribution in [3.63, 3.8) is 0 Å². The third-order valence-electron chi connectivity index (χ3n) is 4.23. The first kappa shape index (κ1) is 19.8. The summed E-state index contributed by atoms with van der Waals surface area (Å²) < 4.78 is 0. The average molecular weight is 394 g/mol. The molecule has 6 heteroatoms. The van der Waals surface area contributed by atoms with Crippen LogP contribution in [-0.2, 0) is 6.42 Å². The largest absolute Gasteiger partial charge is 0.351 e. The fourth-order valence-corrected chi connectivity index (χ4v) is 3.63. The number of hydrogen-bond donors (Lipinski definition) is 2. The molecule has 0 bridgehead atoms. The number of hydrogen-bond acceptors (Lipinski definition) is 4. The summed E-state index contributed by atoms with van der Waals surface area (Å²) in [6.45, 7) is 4.38. The first-order valence-corrected chi connectivity index (χ1v) is 10.1. The number of nitrogens with one attached hydrogen (secondary N) is 2. The van der Waals surface area contributed by atoms with Gasteiger partial charge in [-0.3, -0.25) is 14.9 Å². The Kier molecular flexibility index (Phi) is 6.55. The van der Waals surface area contributed by atoms with E-state index in [4.69, 9.17) is 0 Å². The summed E-state index contributed by atoms with van der Waals surface area (Å²) >= 11 is 1.19. The Hall–Kier alpha value is -2.99. The number of aryl methyl sites for hydroxylation is 1. The predicted molar refractivity (Wildman–Crippen MR) is 113 cm³/mol. The lowest BCUT2D eigenvalue weighted by atomic mass is 10.0. The molecule has 1 heterocycles. The minimum absolute atomic E-state index is 0.150. The Balaban J connectivity index is 1.64. The van der Waals surface area contributed by atoms with Crippen LogP contribution in [0.3, 0.4) is 0 Å². The predicted octanol–water partition coefficient (Wildman–Crippen LogP) is 4.43. The number of nitrogens with zero attached hydrogens (tertiary/aromatic N) is 1. The Morgan fingerprint density at radius 2 is 1.64 bits per heavy atom. The van der Waals surface area contributed by atoms with Gasteiger partial charge in [0.2, 0.25) is 0 Å². The zero-order valence-electron chi connectivity index (χ0n) is 16.0. The normalized spacial score (nSPS) is 10.5. The quantitative estimate of drug-likeness (QED) is 0.624. The van der Waals surface area contributed by atoms with Crippen LogP contribution in [0.25, 0.3) is 0 Å². The number of benzene rings is 2. The second-order valence-electron chi connectivity index (χ2n) is 6.50. The number of anilines is 1. The van der Waals surface area contributed by atoms with Crippen LogP contribution >= 0.6 is 11.3 Å². The Labute approximate surface area is 168 Å². The minimum atomic E-state index is -0.236. The Morgan fingerprint density at radius 1 is 0.964 bits per heavy atom. The monoisotopic (exact) mass is 393 g/mol. The zero-order valence-corrected chi connectivity index (χ0v) is 16.8. The molecule has 0 radical (unpaired) electrons. The molecule has 3 rings (SSSR count). The first-order valence-electron chi connectivity index (χ1n) is 9.26. The van der Waals surface area contributed by atoms with Gasteiger partial charge in [-0.15, -0.1) is 0 Å². The number of aromatic nitrogens is 1. The van der Waals surface area contributed by atoms with Gasteiger partial charge in [0.25, 0.3) is 11.8 Å². The van der Waals surface area contributed by atoms with E-state index in [1.807, 2.05) is 49.4 Å². The molecule has 0 saturated heterocycles. The molecule has 0 unspecified atom stereocenters. The first-order chi connectivity index (χ1) is 13.6. The van der Waals surface area contributed by atoms with Crippen LogP contribution in [0.15, 0.2) is 54.6 Å². The van der Waals surface area contributed by atoms with Gasteiger partial charge in [-0.1, -0.05) is 60.7 Å². The highest BCUT2D eigenvalue weighted by Gasteiger charge is 2.16. The summed E-state index contributed by atoms with van der Waals surface area (Å²) in [5.41, 5.74) is 3.54. The van der Waals surface area contributed by atoms with Gasteiger partial charge in [0.1, 0.15) is 4.88 Å². The second-order valence-corrected chi connectivity index (χ2v) is 7.50. The molecule has 5 nitrogen and oxygen atoms in total. The molecule has 0 saturated carbocycles. The van der Waals surface area contributed by atoms with E-state index in [1.54, 1.807) is 6.92 Å². The van der Waals surface area contributed by atoms with E-state index in [0.29, 0.717) is 27.8 Å². The van der Waals surface area contributed by atoms with E-state index in [9.17, 15) is 9.59 Å². The van der Waals surface area contributed by atoms with Crippen LogP contribution in [0, 0.1) is 6.92 Å². The van der Waals surface area contributed by atoms with Gasteiger partial charge in [0, 0.05) is 12.1 Å². The third-order valence-corrected chi connectivity index (χ3v) is 5.30. The molecule has 0 atom stereocenters. The number of carbonyl (C=O) groups is 2. The van der Waals surface area contributed by atoms with Crippen molar-refractivity contribution in [2.45, 2.75) is 26.7 Å². The molecule has 0 aliphatic carbocycles. The van der Waals surface area contributed by atoms with E-state index >= 15 is 0 Å². The van der Waals surface area contributed by atoms with E-state index in [0.717, 1.165) is 18.4 Å². The molecule has 0 spiro atoms. The van der Waals surface area contributed by atoms with E-state index in [-0.39, 0.29) is 11.8 Å². The van der Waals surface area contributed by atoms with Gasteiger partial charge in [-0.25, -0.2) is 4.98 Å². The van der Waals surface area contributed by atoms with Gasteiger partial charge >= 0.3 is 0 Å². The van der Waals surface area contributed by atoms with Crippen molar-refractivity contribution >= 4 is 28.3 Å². The number of amides is 2. The molecule has 0 aliphatic rings. The molecule has 28 heavy (non-hydrogen) atoms. The number of thiazole rings is 1. The van der Waals surface area contributed by atoms with E-state index < -0.39 is 0 Å². The number of carbonyl (C=O) groups excluding carboxylic acids is 2. The lowest BCUT2D eigenvalue weighted by Gasteiger charge is -2.05. The Morgan fingerprint density at radius 3 is 2.32 bits per heavy atom. The van der Waals surface area contributed by atoms with Crippen LogP contribution in [-0.4, -0.2) is 23.3 Å². The highest BCUT2D eigenvalue weighted by Crippen LogP contribution is 2.23. The van der Waals surface area contributed by atoms with Gasteiger partial charge in [0.05, 0.1) is 5.69 Å². The lowest BCUT2D eigenvalue weighted by Crippen LogP contribution is -2.23. The standard InChI is InChI=1S/C22H23N3O2S/c1-3-13-23-21(27)19-15(2)24-22(28-19)25-20(26)18-11-9-17(10-12-18)14-16-7-5-4-6-8-16/h4-12H,3,13-14H2,1-2H3,(H,23,27)(H,24,25,26). The highest BCUT2D eigenvalue weighted by molar-refractivity contribution is 7.17.